The highest BCUT2D eigenvalue weighted by Gasteiger charge is 2.07. The van der Waals surface area contributed by atoms with Gasteiger partial charge >= 0.3 is 5.97 Å². The van der Waals surface area contributed by atoms with Crippen molar-refractivity contribution in [2.45, 2.75) is 6.92 Å². The Balaban J connectivity index is 1.46. The number of hydrogen-bond donors (Lipinski definition) is 1. The van der Waals surface area contributed by atoms with Crippen molar-refractivity contribution in [2.75, 3.05) is 6.61 Å². The number of benzene rings is 3. The number of aryl methyl sites for hydroxylation is 1. The van der Waals surface area contributed by atoms with Crippen LogP contribution in [0.15, 0.2) is 84.0 Å². The van der Waals surface area contributed by atoms with E-state index in [4.69, 9.17) is 9.47 Å². The fraction of sp³-hybridized carbons (Fsp3) is 0.0870. The average molecular weight is 388 g/mol. The monoisotopic (exact) mass is 388 g/mol. The van der Waals surface area contributed by atoms with Gasteiger partial charge in [0, 0.05) is 0 Å². The number of ether oxygens (including phenoxy) is 2. The van der Waals surface area contributed by atoms with Crippen LogP contribution in [0.3, 0.4) is 0 Å². The van der Waals surface area contributed by atoms with Gasteiger partial charge < -0.3 is 9.47 Å². The third kappa shape index (κ3) is 6.32. The summed E-state index contributed by atoms with van der Waals surface area (Å²) < 4.78 is 10.7. The lowest BCUT2D eigenvalue weighted by Gasteiger charge is -2.05. The number of hydrazone groups is 1. The number of amides is 1. The number of nitrogens with zero attached hydrogens (tertiary/aromatic N) is 1. The van der Waals surface area contributed by atoms with Crippen LogP contribution in [0.5, 0.6) is 11.5 Å². The molecular weight excluding hydrogens is 368 g/mol. The Bertz CT molecular complexity index is 999. The van der Waals surface area contributed by atoms with Crippen LogP contribution < -0.4 is 14.9 Å². The number of rotatable bonds is 7. The van der Waals surface area contributed by atoms with Crippen LogP contribution in [0.25, 0.3) is 0 Å². The summed E-state index contributed by atoms with van der Waals surface area (Å²) in [5.74, 6) is 0.264. The van der Waals surface area contributed by atoms with E-state index in [9.17, 15) is 9.59 Å². The molecule has 0 bridgehead atoms. The minimum absolute atomic E-state index is 0.130. The van der Waals surface area contributed by atoms with E-state index in [1.54, 1.807) is 54.6 Å². The SMILES string of the molecule is Cc1cccc(OCC(=O)N/N=C/c2ccc(OC(=O)c3ccccc3)cc2)c1. The molecule has 1 amide bonds. The second-order valence-electron chi connectivity index (χ2n) is 6.22. The van der Waals surface area contributed by atoms with Crippen LogP contribution in [0.1, 0.15) is 21.5 Å². The zero-order valence-corrected chi connectivity index (χ0v) is 15.9. The van der Waals surface area contributed by atoms with Crippen LogP contribution in [-0.4, -0.2) is 24.7 Å². The predicted octanol–water partition coefficient (Wildman–Crippen LogP) is 3.74. The lowest BCUT2D eigenvalue weighted by atomic mass is 10.2. The Labute approximate surface area is 168 Å². The summed E-state index contributed by atoms with van der Waals surface area (Å²) in [5, 5.41) is 3.90. The molecule has 146 valence electrons. The molecule has 3 rings (SSSR count). The molecule has 0 aliphatic heterocycles. The summed E-state index contributed by atoms with van der Waals surface area (Å²) in [5.41, 5.74) is 4.68. The van der Waals surface area contributed by atoms with E-state index in [1.165, 1.54) is 6.21 Å². The van der Waals surface area contributed by atoms with Crippen LogP contribution in [-0.2, 0) is 4.79 Å². The largest absolute Gasteiger partial charge is 0.484 e. The zero-order chi connectivity index (χ0) is 20.5. The van der Waals surface area contributed by atoms with Crippen LogP contribution >= 0.6 is 0 Å². The first-order chi connectivity index (χ1) is 14.1. The maximum Gasteiger partial charge on any atom is 0.343 e. The molecule has 0 radical (unpaired) electrons. The Morgan fingerprint density at radius 2 is 1.69 bits per heavy atom. The molecule has 6 nitrogen and oxygen atoms in total. The third-order valence-electron chi connectivity index (χ3n) is 3.86. The molecule has 0 saturated carbocycles. The Morgan fingerprint density at radius 1 is 0.931 bits per heavy atom. The molecule has 0 fully saturated rings. The first-order valence-electron chi connectivity index (χ1n) is 8.99. The van der Waals surface area contributed by atoms with Crippen LogP contribution in [0.4, 0.5) is 0 Å². The van der Waals surface area contributed by atoms with E-state index in [-0.39, 0.29) is 12.5 Å². The highest BCUT2D eigenvalue weighted by atomic mass is 16.5. The quantitative estimate of drug-likeness (QED) is 0.289. The second kappa shape index (κ2) is 9.85. The van der Waals surface area contributed by atoms with Gasteiger partial charge in [0.05, 0.1) is 11.8 Å². The normalized spacial score (nSPS) is 10.5. The van der Waals surface area contributed by atoms with Crippen molar-refractivity contribution < 1.29 is 19.1 Å². The molecule has 0 heterocycles. The number of esters is 1. The molecule has 3 aromatic rings. The molecule has 3 aromatic carbocycles. The van der Waals surface area contributed by atoms with E-state index in [1.807, 2.05) is 31.2 Å². The fourth-order valence-corrected chi connectivity index (χ4v) is 2.43. The lowest BCUT2D eigenvalue weighted by molar-refractivity contribution is -0.123. The lowest BCUT2D eigenvalue weighted by Crippen LogP contribution is -2.24. The van der Waals surface area contributed by atoms with Gasteiger partial charge in [0.2, 0.25) is 0 Å². The van der Waals surface area contributed by atoms with Gasteiger partial charge in [-0.05, 0) is 66.6 Å². The highest BCUT2D eigenvalue weighted by molar-refractivity contribution is 5.91. The summed E-state index contributed by atoms with van der Waals surface area (Å²) >= 11 is 0. The van der Waals surface area contributed by atoms with E-state index in [0.717, 1.165) is 11.1 Å². The second-order valence-corrected chi connectivity index (χ2v) is 6.22. The molecule has 0 saturated heterocycles. The van der Waals surface area contributed by atoms with E-state index in [2.05, 4.69) is 10.5 Å². The Kier molecular flexibility index (Phi) is 6.73. The van der Waals surface area contributed by atoms with Crippen molar-refractivity contribution in [1.82, 2.24) is 5.43 Å². The Hall–Kier alpha value is -3.93. The Morgan fingerprint density at radius 3 is 2.41 bits per heavy atom. The standard InChI is InChI=1S/C23H20N2O4/c1-17-6-5-9-21(14-17)28-16-22(26)25-24-15-18-10-12-20(13-11-18)29-23(27)19-7-3-2-4-8-19/h2-15H,16H2,1H3,(H,25,26)/b24-15+. The average Bonchev–Trinajstić information content (AvgIpc) is 2.74. The summed E-state index contributed by atoms with van der Waals surface area (Å²) in [4.78, 5) is 23.8. The fourth-order valence-electron chi connectivity index (χ4n) is 2.43. The van der Waals surface area contributed by atoms with E-state index in [0.29, 0.717) is 17.1 Å². The maximum atomic E-state index is 12.0. The topological polar surface area (TPSA) is 77.0 Å². The highest BCUT2D eigenvalue weighted by Crippen LogP contribution is 2.14. The molecule has 0 unspecified atom stereocenters. The molecular formula is C23H20N2O4. The zero-order valence-electron chi connectivity index (χ0n) is 15.9. The van der Waals surface area contributed by atoms with Gasteiger partial charge in [-0.25, -0.2) is 10.2 Å². The molecule has 0 atom stereocenters. The van der Waals surface area contributed by atoms with Gasteiger partial charge in [-0.2, -0.15) is 5.10 Å². The van der Waals surface area contributed by atoms with Gasteiger partial charge in [0.1, 0.15) is 11.5 Å². The molecule has 0 spiro atoms. The van der Waals surface area contributed by atoms with Crippen molar-refractivity contribution in [3.63, 3.8) is 0 Å². The summed E-state index contributed by atoms with van der Waals surface area (Å²) in [6.45, 7) is 1.82. The first kappa shape index (κ1) is 19.8. The van der Waals surface area contributed by atoms with Gasteiger partial charge in [-0.15, -0.1) is 0 Å². The molecule has 0 aliphatic rings. The summed E-state index contributed by atoms with van der Waals surface area (Å²) in [6.07, 6.45) is 1.49. The minimum Gasteiger partial charge on any atom is -0.484 e. The van der Waals surface area contributed by atoms with E-state index >= 15 is 0 Å². The number of carbonyl (C=O) groups is 2. The molecule has 6 heteroatoms. The number of hydrogen-bond acceptors (Lipinski definition) is 5. The van der Waals surface area contributed by atoms with Crippen LogP contribution in [0, 0.1) is 6.92 Å². The first-order valence-corrected chi connectivity index (χ1v) is 8.99. The summed E-state index contributed by atoms with van der Waals surface area (Å²) in [6, 6.07) is 23.0. The van der Waals surface area contributed by atoms with Crippen LogP contribution in [0.2, 0.25) is 0 Å². The predicted molar refractivity (Wildman–Crippen MR) is 110 cm³/mol. The number of carbonyl (C=O) groups excluding carboxylic acids is 2. The molecule has 1 N–H and O–H groups in total. The van der Waals surface area contributed by atoms with Gasteiger partial charge in [-0.1, -0.05) is 30.3 Å². The van der Waals surface area contributed by atoms with E-state index < -0.39 is 5.97 Å². The van der Waals surface area contributed by atoms with Crippen molar-refractivity contribution in [3.8, 4) is 11.5 Å². The molecule has 0 aliphatic carbocycles. The third-order valence-corrected chi connectivity index (χ3v) is 3.86. The van der Waals surface area contributed by atoms with Crippen molar-refractivity contribution in [1.29, 1.82) is 0 Å². The van der Waals surface area contributed by atoms with Gasteiger partial charge in [-0.3, -0.25) is 4.79 Å². The van der Waals surface area contributed by atoms with Crippen molar-refractivity contribution in [2.24, 2.45) is 5.10 Å². The van der Waals surface area contributed by atoms with Gasteiger partial charge in [0.15, 0.2) is 6.61 Å². The van der Waals surface area contributed by atoms with Crippen molar-refractivity contribution in [3.05, 3.63) is 95.6 Å². The van der Waals surface area contributed by atoms with Gasteiger partial charge in [0.25, 0.3) is 5.91 Å². The molecule has 0 aromatic heterocycles. The minimum atomic E-state index is -0.423. The summed E-state index contributed by atoms with van der Waals surface area (Å²) in [7, 11) is 0. The van der Waals surface area contributed by atoms with Crippen molar-refractivity contribution >= 4 is 18.1 Å². The molecule has 29 heavy (non-hydrogen) atoms. The maximum absolute atomic E-state index is 12.0. The smallest absolute Gasteiger partial charge is 0.343 e. The number of nitrogens with one attached hydrogen (secondary N) is 1.